The molecule has 0 saturated carbocycles. The molecule has 0 saturated heterocycles. The van der Waals surface area contributed by atoms with Crippen molar-refractivity contribution < 1.29 is 28.7 Å². The average molecular weight is 525 g/mol. The van der Waals surface area contributed by atoms with E-state index in [-0.39, 0.29) is 43.7 Å². The van der Waals surface area contributed by atoms with Crippen LogP contribution in [0.2, 0.25) is 0 Å². The van der Waals surface area contributed by atoms with Crippen molar-refractivity contribution in [3.63, 3.8) is 0 Å². The summed E-state index contributed by atoms with van der Waals surface area (Å²) in [6.07, 6.45) is 0.755. The van der Waals surface area contributed by atoms with Crippen molar-refractivity contribution in [3.8, 4) is 11.5 Å². The summed E-state index contributed by atoms with van der Waals surface area (Å²) in [5, 5.41) is 11.1. The van der Waals surface area contributed by atoms with E-state index >= 15 is 0 Å². The molecule has 0 unspecified atom stereocenters. The number of benzene rings is 2. The van der Waals surface area contributed by atoms with E-state index in [0.717, 1.165) is 5.56 Å². The van der Waals surface area contributed by atoms with Gasteiger partial charge in [-0.05, 0) is 36.1 Å². The lowest BCUT2D eigenvalue weighted by Gasteiger charge is -2.22. The molecule has 204 valence electrons. The van der Waals surface area contributed by atoms with Crippen molar-refractivity contribution in [2.75, 3.05) is 26.8 Å². The Hall–Kier alpha value is -4.08. The van der Waals surface area contributed by atoms with Gasteiger partial charge in [0, 0.05) is 31.5 Å². The lowest BCUT2D eigenvalue weighted by Crippen LogP contribution is -2.51. The summed E-state index contributed by atoms with van der Waals surface area (Å²) in [4.78, 5) is 51.5. The first-order valence-corrected chi connectivity index (χ1v) is 12.8. The first-order valence-electron chi connectivity index (χ1n) is 12.8. The van der Waals surface area contributed by atoms with Gasteiger partial charge in [0.05, 0.1) is 13.7 Å². The number of hydrogen-bond donors (Lipinski definition) is 4. The van der Waals surface area contributed by atoms with E-state index in [1.54, 1.807) is 18.2 Å². The minimum Gasteiger partial charge on any atom is -0.493 e. The van der Waals surface area contributed by atoms with Gasteiger partial charge in [-0.15, -0.1) is 0 Å². The second-order valence-electron chi connectivity index (χ2n) is 9.40. The van der Waals surface area contributed by atoms with Gasteiger partial charge in [-0.25, -0.2) is 0 Å². The van der Waals surface area contributed by atoms with Crippen LogP contribution in [0.1, 0.15) is 42.6 Å². The quantitative estimate of drug-likeness (QED) is 0.480. The van der Waals surface area contributed by atoms with Gasteiger partial charge in [-0.3, -0.25) is 19.2 Å². The molecular weight excluding hydrogens is 488 g/mol. The fourth-order valence-electron chi connectivity index (χ4n) is 4.01. The number of hydrogen-bond acceptors (Lipinski definition) is 6. The molecule has 10 nitrogen and oxygen atoms in total. The van der Waals surface area contributed by atoms with Crippen molar-refractivity contribution in [1.29, 1.82) is 0 Å². The Balaban J connectivity index is 1.85. The number of rotatable bonds is 4. The second kappa shape index (κ2) is 14.0. The van der Waals surface area contributed by atoms with Crippen LogP contribution in [0, 0.1) is 5.92 Å². The highest BCUT2D eigenvalue weighted by molar-refractivity contribution is 5.98. The Morgan fingerprint density at radius 1 is 0.947 bits per heavy atom. The van der Waals surface area contributed by atoms with E-state index in [1.165, 1.54) is 7.11 Å². The van der Waals surface area contributed by atoms with Crippen LogP contribution in [0.25, 0.3) is 0 Å². The summed E-state index contributed by atoms with van der Waals surface area (Å²) in [6.45, 7) is 4.36. The maximum atomic E-state index is 13.2. The third kappa shape index (κ3) is 8.22. The third-order valence-electron chi connectivity index (χ3n) is 6.13. The Morgan fingerprint density at radius 2 is 1.68 bits per heavy atom. The molecule has 0 aromatic heterocycles. The molecule has 0 spiro atoms. The lowest BCUT2D eigenvalue weighted by molar-refractivity contribution is -0.130. The van der Waals surface area contributed by atoms with Gasteiger partial charge >= 0.3 is 0 Å². The van der Waals surface area contributed by atoms with Gasteiger partial charge in [-0.1, -0.05) is 44.2 Å². The number of methoxy groups -OCH3 is 1. The van der Waals surface area contributed by atoms with E-state index in [1.807, 2.05) is 44.2 Å². The van der Waals surface area contributed by atoms with Crippen molar-refractivity contribution in [2.45, 2.75) is 45.2 Å². The Labute approximate surface area is 222 Å². The van der Waals surface area contributed by atoms with E-state index < -0.39 is 23.9 Å². The summed E-state index contributed by atoms with van der Waals surface area (Å²) < 4.78 is 11.2. The number of amides is 4. The molecule has 10 heteroatoms. The summed E-state index contributed by atoms with van der Waals surface area (Å²) in [5.74, 6) is -0.804. The van der Waals surface area contributed by atoms with Gasteiger partial charge < -0.3 is 30.7 Å². The van der Waals surface area contributed by atoms with Crippen LogP contribution in [0.4, 0.5) is 0 Å². The molecule has 4 amide bonds. The first kappa shape index (κ1) is 28.5. The molecule has 3 rings (SSSR count). The molecule has 0 radical (unpaired) electrons. The Morgan fingerprint density at radius 3 is 2.39 bits per heavy atom. The minimum atomic E-state index is -0.879. The van der Waals surface area contributed by atoms with Crippen LogP contribution in [0.5, 0.6) is 11.5 Å². The molecule has 4 N–H and O–H groups in total. The molecule has 0 aliphatic carbocycles. The molecule has 2 aromatic carbocycles. The smallest absolute Gasteiger partial charge is 0.252 e. The Kier molecular flexibility index (Phi) is 10.5. The maximum Gasteiger partial charge on any atom is 0.252 e. The van der Waals surface area contributed by atoms with E-state index in [0.29, 0.717) is 30.0 Å². The number of fused-ring (bicyclic) bond motifs is 2. The van der Waals surface area contributed by atoms with Crippen LogP contribution < -0.4 is 30.7 Å². The van der Waals surface area contributed by atoms with Gasteiger partial charge in [0.25, 0.3) is 5.91 Å². The van der Waals surface area contributed by atoms with Crippen molar-refractivity contribution in [3.05, 3.63) is 59.7 Å². The highest BCUT2D eigenvalue weighted by Gasteiger charge is 2.25. The average Bonchev–Trinajstić information content (AvgIpc) is 2.90. The van der Waals surface area contributed by atoms with Crippen molar-refractivity contribution >= 4 is 23.6 Å². The third-order valence-corrected chi connectivity index (χ3v) is 6.13. The predicted octanol–water partition coefficient (Wildman–Crippen LogP) is 1.58. The van der Waals surface area contributed by atoms with E-state index in [4.69, 9.17) is 9.47 Å². The summed E-state index contributed by atoms with van der Waals surface area (Å²) in [7, 11) is 1.50. The van der Waals surface area contributed by atoms with Crippen LogP contribution >= 0.6 is 0 Å². The topological polar surface area (TPSA) is 135 Å². The molecule has 2 aromatic rings. The standard InChI is InChI=1S/C28H36N4O6/c1-18(2)25-28(36)29-13-7-15-38-23-17-20(10-11-22(23)37-3)26(34)31-21(16-19-8-5-4-6-9-19)27(35)30-14-12-24(33)32-25/h4-6,8-11,17-18,21,25H,7,12-16H2,1-3H3,(H,29,36)(H,30,35)(H,31,34)(H,32,33)/t21-,25-/m0/s1. The minimum absolute atomic E-state index is 0.01000. The molecule has 2 atom stereocenters. The zero-order valence-electron chi connectivity index (χ0n) is 22.0. The van der Waals surface area contributed by atoms with Gasteiger partial charge in [0.15, 0.2) is 11.5 Å². The summed E-state index contributed by atoms with van der Waals surface area (Å²) >= 11 is 0. The Bertz CT molecular complexity index is 1120. The zero-order chi connectivity index (χ0) is 27.5. The first-order chi connectivity index (χ1) is 18.3. The van der Waals surface area contributed by atoms with Crippen LogP contribution in [-0.4, -0.2) is 62.5 Å². The van der Waals surface area contributed by atoms with E-state index in [9.17, 15) is 19.2 Å². The number of ether oxygens (including phenoxy) is 2. The monoisotopic (exact) mass is 524 g/mol. The van der Waals surface area contributed by atoms with Crippen LogP contribution in [0.3, 0.4) is 0 Å². The molecule has 38 heavy (non-hydrogen) atoms. The fourth-order valence-corrected chi connectivity index (χ4v) is 4.01. The summed E-state index contributed by atoms with van der Waals surface area (Å²) in [5.41, 5.74) is 1.17. The fraction of sp³-hybridized carbons (Fsp3) is 0.429. The molecule has 2 bridgehead atoms. The van der Waals surface area contributed by atoms with E-state index in [2.05, 4.69) is 21.3 Å². The van der Waals surface area contributed by atoms with Crippen LogP contribution in [-0.2, 0) is 20.8 Å². The second-order valence-corrected chi connectivity index (χ2v) is 9.40. The highest BCUT2D eigenvalue weighted by Crippen LogP contribution is 2.28. The van der Waals surface area contributed by atoms with Gasteiger partial charge in [0.1, 0.15) is 12.1 Å². The van der Waals surface area contributed by atoms with Crippen LogP contribution in [0.15, 0.2) is 48.5 Å². The molecule has 0 fully saturated rings. The van der Waals surface area contributed by atoms with Gasteiger partial charge in [-0.2, -0.15) is 0 Å². The SMILES string of the molecule is COc1ccc2cc1OCCCNC(=O)[C@H](C(C)C)NC(=O)CCNC(=O)[C@H](Cc1ccccc1)NC2=O. The number of carbonyl (C=O) groups is 4. The predicted molar refractivity (Wildman–Crippen MR) is 142 cm³/mol. The number of carbonyl (C=O) groups excluding carboxylic acids is 4. The molecule has 1 heterocycles. The molecular formula is C28H36N4O6. The summed E-state index contributed by atoms with van der Waals surface area (Å²) in [6, 6.07) is 12.5. The maximum absolute atomic E-state index is 13.2. The molecule has 1 aliphatic heterocycles. The highest BCUT2D eigenvalue weighted by atomic mass is 16.5. The van der Waals surface area contributed by atoms with Crippen molar-refractivity contribution in [2.24, 2.45) is 5.92 Å². The molecule has 1 aliphatic rings. The lowest BCUT2D eigenvalue weighted by atomic mass is 10.0. The normalized spacial score (nSPS) is 20.0. The number of nitrogens with one attached hydrogen (secondary N) is 4. The largest absolute Gasteiger partial charge is 0.493 e. The zero-order valence-corrected chi connectivity index (χ0v) is 22.0. The van der Waals surface area contributed by atoms with Crippen molar-refractivity contribution in [1.82, 2.24) is 21.3 Å². The van der Waals surface area contributed by atoms with Gasteiger partial charge in [0.2, 0.25) is 17.7 Å².